The van der Waals surface area contributed by atoms with E-state index in [0.29, 0.717) is 5.41 Å². The SMILES string of the molecule is C=CCN(CC)CC.C=CCN(CC)CC.C=CCN(CC)CC.CC(C)(C)C1=[C-]CC=C1.[Ti]. The van der Waals surface area contributed by atoms with Crippen molar-refractivity contribution < 1.29 is 21.7 Å². The molecule has 1 rings (SSSR count). The van der Waals surface area contributed by atoms with Gasteiger partial charge in [0, 0.05) is 41.4 Å². The quantitative estimate of drug-likeness (QED) is 0.156. The fourth-order valence-corrected chi connectivity index (χ4v) is 2.91. The van der Waals surface area contributed by atoms with Gasteiger partial charge in [0.2, 0.25) is 0 Å². The van der Waals surface area contributed by atoms with E-state index in [4.69, 9.17) is 0 Å². The maximum absolute atomic E-state index is 3.65. The summed E-state index contributed by atoms with van der Waals surface area (Å²) in [6.45, 7) is 40.4. The van der Waals surface area contributed by atoms with Crippen molar-refractivity contribution in [3.8, 4) is 0 Å². The molecular weight excluding hydrogens is 450 g/mol. The van der Waals surface area contributed by atoms with E-state index in [1.807, 2.05) is 18.2 Å². The summed E-state index contributed by atoms with van der Waals surface area (Å²) >= 11 is 0. The zero-order valence-corrected chi connectivity index (χ0v) is 26.0. The van der Waals surface area contributed by atoms with Gasteiger partial charge in [0.25, 0.3) is 0 Å². The Morgan fingerprint density at radius 3 is 1.09 bits per heavy atom. The van der Waals surface area contributed by atoms with Gasteiger partial charge in [-0.2, -0.15) is 6.08 Å². The average Bonchev–Trinajstić information content (AvgIpc) is 3.36. The largest absolute Gasteiger partial charge is 0.300 e. The molecule has 34 heavy (non-hydrogen) atoms. The van der Waals surface area contributed by atoms with Crippen LogP contribution in [0.3, 0.4) is 0 Å². The van der Waals surface area contributed by atoms with Gasteiger partial charge in [-0.25, -0.2) is 11.6 Å². The van der Waals surface area contributed by atoms with Crippen LogP contribution in [0.5, 0.6) is 0 Å². The first kappa shape index (κ1) is 40.5. The van der Waals surface area contributed by atoms with Crippen LogP contribution in [0.15, 0.2) is 55.7 Å². The van der Waals surface area contributed by atoms with Crippen molar-refractivity contribution in [2.24, 2.45) is 5.41 Å². The third-order valence-corrected chi connectivity index (χ3v) is 5.35. The molecule has 0 aromatic rings. The topological polar surface area (TPSA) is 9.72 Å². The Hall–Kier alpha value is -0.706. The van der Waals surface area contributed by atoms with Crippen molar-refractivity contribution in [3.63, 3.8) is 0 Å². The minimum Gasteiger partial charge on any atom is -0.300 e. The Morgan fingerprint density at radius 2 is 1.00 bits per heavy atom. The maximum atomic E-state index is 3.65. The Labute approximate surface area is 230 Å². The smallest absolute Gasteiger partial charge is 0.0160 e. The molecule has 0 saturated carbocycles. The second-order valence-corrected chi connectivity index (χ2v) is 8.77. The minimum atomic E-state index is 0. The Bertz CT molecular complexity index is 463. The van der Waals surface area contributed by atoms with Crippen LogP contribution in [0.1, 0.15) is 68.7 Å². The Balaban J connectivity index is -0.000000175. The predicted octanol–water partition coefficient (Wildman–Crippen LogP) is 7.26. The minimum absolute atomic E-state index is 0. The summed E-state index contributed by atoms with van der Waals surface area (Å²) in [5.74, 6) is 0. The van der Waals surface area contributed by atoms with E-state index in [-0.39, 0.29) is 21.7 Å². The fourth-order valence-electron chi connectivity index (χ4n) is 2.91. The molecule has 0 N–H and O–H groups in total. The van der Waals surface area contributed by atoms with Crippen molar-refractivity contribution in [3.05, 3.63) is 61.8 Å². The Kier molecular flexibility index (Phi) is 34.0. The second-order valence-electron chi connectivity index (χ2n) is 8.77. The number of hydrogen-bond acceptors (Lipinski definition) is 3. The van der Waals surface area contributed by atoms with E-state index < -0.39 is 0 Å². The van der Waals surface area contributed by atoms with Crippen molar-refractivity contribution in [2.75, 3.05) is 58.9 Å². The normalized spacial score (nSPS) is 11.8. The van der Waals surface area contributed by atoms with Crippen LogP contribution < -0.4 is 0 Å². The maximum Gasteiger partial charge on any atom is 0.0160 e. The molecular formula is C30H58N3Ti-. The third kappa shape index (κ3) is 25.9. The molecule has 0 atom stereocenters. The Morgan fingerprint density at radius 1 is 0.706 bits per heavy atom. The van der Waals surface area contributed by atoms with Gasteiger partial charge in [0.1, 0.15) is 0 Å². The number of nitrogens with zero attached hydrogens (tertiary/aromatic N) is 3. The van der Waals surface area contributed by atoms with Crippen LogP contribution in [-0.2, 0) is 21.7 Å². The number of allylic oxidation sites excluding steroid dienone is 4. The van der Waals surface area contributed by atoms with E-state index >= 15 is 0 Å². The number of hydrogen-bond donors (Lipinski definition) is 0. The zero-order valence-electron chi connectivity index (χ0n) is 24.4. The van der Waals surface area contributed by atoms with Crippen molar-refractivity contribution in [1.82, 2.24) is 14.7 Å². The van der Waals surface area contributed by atoms with Crippen molar-refractivity contribution in [1.29, 1.82) is 0 Å². The average molecular weight is 509 g/mol. The molecule has 0 heterocycles. The van der Waals surface area contributed by atoms with E-state index in [9.17, 15) is 0 Å². The standard InChI is InChI=1S/C9H13.3C7H15N.Ti/c1-9(2,3)8-6-4-5-7-8;3*1-4-7-8(5-2)6-3;/h4,6H,5H2,1-3H3;3*4H,1,5-7H2,2-3H3;/q-1;;;;. The summed E-state index contributed by atoms with van der Waals surface area (Å²) in [5, 5.41) is 0. The number of likely N-dealkylation sites (N-methyl/N-ethyl adjacent to an activating group) is 3. The first-order valence-corrected chi connectivity index (χ1v) is 12.9. The van der Waals surface area contributed by atoms with Gasteiger partial charge in [-0.3, -0.25) is 6.08 Å². The predicted molar refractivity (Wildman–Crippen MR) is 154 cm³/mol. The third-order valence-electron chi connectivity index (χ3n) is 5.35. The molecule has 0 fully saturated rings. The summed E-state index contributed by atoms with van der Waals surface area (Å²) < 4.78 is 0. The van der Waals surface area contributed by atoms with Crippen LogP contribution in [0.2, 0.25) is 0 Å². The molecule has 4 heteroatoms. The van der Waals surface area contributed by atoms with Gasteiger partial charge in [0.05, 0.1) is 0 Å². The molecule has 198 valence electrons. The summed E-state index contributed by atoms with van der Waals surface area (Å²) in [6, 6.07) is 0. The first-order chi connectivity index (χ1) is 15.6. The summed E-state index contributed by atoms with van der Waals surface area (Å²) in [6.07, 6.45) is 14.4. The first-order valence-electron chi connectivity index (χ1n) is 12.9. The van der Waals surface area contributed by atoms with Crippen LogP contribution in [0, 0.1) is 11.5 Å². The van der Waals surface area contributed by atoms with E-state index in [1.165, 1.54) is 5.57 Å². The molecule has 0 unspecified atom stereocenters. The molecule has 0 aromatic heterocycles. The summed E-state index contributed by atoms with van der Waals surface area (Å²) in [4.78, 5) is 6.94. The van der Waals surface area contributed by atoms with Gasteiger partial charge < -0.3 is 14.7 Å². The molecule has 1 aliphatic rings. The van der Waals surface area contributed by atoms with E-state index in [1.54, 1.807) is 0 Å². The van der Waals surface area contributed by atoms with Crippen LogP contribution in [0.4, 0.5) is 0 Å². The molecule has 0 spiro atoms. The van der Waals surface area contributed by atoms with Gasteiger partial charge >= 0.3 is 0 Å². The summed E-state index contributed by atoms with van der Waals surface area (Å²) in [7, 11) is 0. The zero-order chi connectivity index (χ0) is 26.1. The van der Waals surface area contributed by atoms with Crippen molar-refractivity contribution in [2.45, 2.75) is 68.7 Å². The second kappa shape index (κ2) is 28.5. The van der Waals surface area contributed by atoms with Crippen LogP contribution in [-0.4, -0.2) is 73.6 Å². The molecule has 0 aromatic carbocycles. The van der Waals surface area contributed by atoms with Crippen LogP contribution in [0.25, 0.3) is 0 Å². The van der Waals surface area contributed by atoms with Crippen molar-refractivity contribution >= 4 is 0 Å². The van der Waals surface area contributed by atoms with Gasteiger partial charge in [-0.15, -0.1) is 26.2 Å². The fraction of sp³-hybridized carbons (Fsp3) is 0.667. The van der Waals surface area contributed by atoms with Gasteiger partial charge in [0.15, 0.2) is 0 Å². The molecule has 1 aliphatic carbocycles. The molecule has 0 saturated heterocycles. The molecule has 0 radical (unpaired) electrons. The monoisotopic (exact) mass is 508 g/mol. The van der Waals surface area contributed by atoms with Gasteiger partial charge in [-0.05, 0) is 44.7 Å². The van der Waals surface area contributed by atoms with E-state index in [0.717, 1.165) is 65.3 Å². The van der Waals surface area contributed by atoms with Crippen LogP contribution >= 0.6 is 0 Å². The molecule has 0 aliphatic heterocycles. The van der Waals surface area contributed by atoms with E-state index in [2.05, 4.69) is 115 Å². The number of rotatable bonds is 12. The molecule has 0 bridgehead atoms. The van der Waals surface area contributed by atoms with Gasteiger partial charge in [-0.1, -0.05) is 80.5 Å². The molecule has 0 amide bonds. The molecule has 3 nitrogen and oxygen atoms in total. The summed E-state index contributed by atoms with van der Waals surface area (Å²) in [5.41, 5.74) is 1.65.